The third kappa shape index (κ3) is 2.92. The molecule has 0 saturated heterocycles. The zero-order chi connectivity index (χ0) is 18.1. The minimum atomic E-state index is -0.658. The molecular formula is C18H14F2N6. The average molecular weight is 352 g/mol. The molecule has 0 unspecified atom stereocenters. The lowest BCUT2D eigenvalue weighted by molar-refractivity contribution is 0.584. The third-order valence-corrected chi connectivity index (χ3v) is 3.98. The van der Waals surface area contributed by atoms with Gasteiger partial charge in [0.25, 0.3) is 0 Å². The van der Waals surface area contributed by atoms with Crippen LogP contribution in [0.5, 0.6) is 0 Å². The standard InChI is InChI=1S/C18H14F2N6/c19-12-7-13(20)9-14(8-12)23-18-17-2-1-5-26(17)16-4-3-11(10-22-25-21)6-15(16)24-18/h1-9H,10H2,(H2,21,22)(H,23,24). The number of halogens is 2. The number of aromatic nitrogens is 2. The van der Waals surface area contributed by atoms with Crippen LogP contribution >= 0.6 is 0 Å². The summed E-state index contributed by atoms with van der Waals surface area (Å²) in [5.74, 6) is 4.23. The Hall–Kier alpha value is -3.55. The van der Waals surface area contributed by atoms with E-state index in [2.05, 4.69) is 20.6 Å². The van der Waals surface area contributed by atoms with Gasteiger partial charge in [0.2, 0.25) is 0 Å². The first-order valence-electron chi connectivity index (χ1n) is 7.83. The molecule has 4 aromatic rings. The van der Waals surface area contributed by atoms with Crippen molar-refractivity contribution in [2.24, 2.45) is 16.2 Å². The molecule has 0 aliphatic carbocycles. The van der Waals surface area contributed by atoms with Gasteiger partial charge in [-0.1, -0.05) is 11.3 Å². The van der Waals surface area contributed by atoms with E-state index in [4.69, 9.17) is 5.84 Å². The van der Waals surface area contributed by atoms with E-state index < -0.39 is 11.6 Å². The fourth-order valence-electron chi connectivity index (χ4n) is 2.90. The summed E-state index contributed by atoms with van der Waals surface area (Å²) in [6.45, 7) is 0.343. The van der Waals surface area contributed by atoms with Crippen molar-refractivity contribution < 1.29 is 8.78 Å². The van der Waals surface area contributed by atoms with Crippen LogP contribution in [0, 0.1) is 11.6 Å². The second-order valence-corrected chi connectivity index (χ2v) is 5.75. The first-order chi connectivity index (χ1) is 12.6. The van der Waals surface area contributed by atoms with E-state index in [1.807, 2.05) is 40.9 Å². The van der Waals surface area contributed by atoms with E-state index >= 15 is 0 Å². The molecular weight excluding hydrogens is 338 g/mol. The topological polar surface area (TPSA) is 80.1 Å². The lowest BCUT2D eigenvalue weighted by Crippen LogP contribution is -2.00. The zero-order valence-electron chi connectivity index (χ0n) is 13.5. The molecule has 0 atom stereocenters. The molecule has 0 aliphatic rings. The van der Waals surface area contributed by atoms with Gasteiger partial charge in [0.05, 0.1) is 23.1 Å². The Bertz CT molecular complexity index is 1120. The van der Waals surface area contributed by atoms with Crippen LogP contribution < -0.4 is 11.2 Å². The highest BCUT2D eigenvalue weighted by molar-refractivity contribution is 5.86. The highest BCUT2D eigenvalue weighted by Crippen LogP contribution is 2.26. The molecule has 3 N–H and O–H groups in total. The predicted octanol–water partition coefficient (Wildman–Crippen LogP) is 4.34. The van der Waals surface area contributed by atoms with Crippen molar-refractivity contribution in [1.82, 2.24) is 9.38 Å². The molecule has 6 nitrogen and oxygen atoms in total. The Morgan fingerprint density at radius 1 is 1.04 bits per heavy atom. The molecule has 2 heterocycles. The number of nitrogens with zero attached hydrogens (tertiary/aromatic N) is 4. The fraction of sp³-hybridized carbons (Fsp3) is 0.0556. The molecule has 130 valence electrons. The van der Waals surface area contributed by atoms with Gasteiger partial charge in [-0.05, 0) is 42.0 Å². The summed E-state index contributed by atoms with van der Waals surface area (Å²) in [7, 11) is 0. The van der Waals surface area contributed by atoms with Crippen LogP contribution in [0.1, 0.15) is 5.56 Å². The zero-order valence-corrected chi connectivity index (χ0v) is 13.5. The number of nitrogens with two attached hydrogens (primary N) is 1. The molecule has 26 heavy (non-hydrogen) atoms. The monoisotopic (exact) mass is 352 g/mol. The molecule has 0 fully saturated rings. The number of nitrogens with one attached hydrogen (secondary N) is 1. The lowest BCUT2D eigenvalue weighted by Gasteiger charge is -2.11. The maximum Gasteiger partial charge on any atom is 0.155 e. The van der Waals surface area contributed by atoms with Gasteiger partial charge in [0.1, 0.15) is 11.6 Å². The number of anilines is 2. The van der Waals surface area contributed by atoms with Crippen LogP contribution in [-0.4, -0.2) is 9.38 Å². The quantitative estimate of drug-likeness (QED) is 0.326. The van der Waals surface area contributed by atoms with Crippen molar-refractivity contribution >= 4 is 28.1 Å². The second kappa shape index (κ2) is 6.40. The van der Waals surface area contributed by atoms with Crippen molar-refractivity contribution in [3.05, 3.63) is 71.9 Å². The van der Waals surface area contributed by atoms with Gasteiger partial charge in [0.15, 0.2) is 5.82 Å². The van der Waals surface area contributed by atoms with Crippen LogP contribution in [0.15, 0.2) is 65.1 Å². The van der Waals surface area contributed by atoms with Crippen molar-refractivity contribution in [1.29, 1.82) is 0 Å². The molecule has 0 bridgehead atoms. The van der Waals surface area contributed by atoms with Crippen molar-refractivity contribution in [2.75, 3.05) is 5.32 Å². The number of hydrogen-bond acceptors (Lipinski definition) is 4. The summed E-state index contributed by atoms with van der Waals surface area (Å²) in [5.41, 5.74) is 3.57. The van der Waals surface area contributed by atoms with Gasteiger partial charge < -0.3 is 15.6 Å². The second-order valence-electron chi connectivity index (χ2n) is 5.75. The largest absolute Gasteiger partial charge is 0.338 e. The predicted molar refractivity (Wildman–Crippen MR) is 95.1 cm³/mol. The van der Waals surface area contributed by atoms with E-state index in [1.54, 1.807) is 0 Å². The van der Waals surface area contributed by atoms with E-state index in [1.165, 1.54) is 12.1 Å². The normalized spacial score (nSPS) is 11.6. The molecule has 2 aromatic heterocycles. The minimum absolute atomic E-state index is 0.283. The van der Waals surface area contributed by atoms with Gasteiger partial charge in [-0.2, -0.15) is 5.11 Å². The van der Waals surface area contributed by atoms with Gasteiger partial charge in [0, 0.05) is 18.0 Å². The summed E-state index contributed by atoms with van der Waals surface area (Å²) in [4.78, 5) is 4.62. The maximum absolute atomic E-state index is 13.5. The first kappa shape index (κ1) is 15.9. The van der Waals surface area contributed by atoms with Crippen LogP contribution in [0.2, 0.25) is 0 Å². The average Bonchev–Trinajstić information content (AvgIpc) is 3.09. The minimum Gasteiger partial charge on any atom is -0.338 e. The number of fused-ring (bicyclic) bond motifs is 3. The smallest absolute Gasteiger partial charge is 0.155 e. The highest BCUT2D eigenvalue weighted by atomic mass is 19.1. The summed E-state index contributed by atoms with van der Waals surface area (Å²) in [6, 6.07) is 12.7. The maximum atomic E-state index is 13.5. The van der Waals surface area contributed by atoms with Crippen LogP contribution in [0.3, 0.4) is 0 Å². The van der Waals surface area contributed by atoms with Crippen molar-refractivity contribution in [3.63, 3.8) is 0 Å². The number of benzene rings is 2. The highest BCUT2D eigenvalue weighted by Gasteiger charge is 2.10. The van der Waals surface area contributed by atoms with Gasteiger partial charge in [-0.15, -0.1) is 0 Å². The van der Waals surface area contributed by atoms with Gasteiger partial charge >= 0.3 is 0 Å². The van der Waals surface area contributed by atoms with Crippen LogP contribution in [0.25, 0.3) is 16.6 Å². The Balaban J connectivity index is 1.85. The number of rotatable bonds is 4. The van der Waals surface area contributed by atoms with Gasteiger partial charge in [-0.3, -0.25) is 0 Å². The molecule has 0 aliphatic heterocycles. The van der Waals surface area contributed by atoms with E-state index in [9.17, 15) is 8.78 Å². The Morgan fingerprint density at radius 3 is 2.62 bits per heavy atom. The summed E-state index contributed by atoms with van der Waals surface area (Å²) in [5, 5.41) is 10.0. The third-order valence-electron chi connectivity index (χ3n) is 3.98. The summed E-state index contributed by atoms with van der Waals surface area (Å²) < 4.78 is 28.9. The molecule has 0 spiro atoms. The van der Waals surface area contributed by atoms with Crippen LogP contribution in [-0.2, 0) is 6.54 Å². The number of hydrogen-bond donors (Lipinski definition) is 2. The van der Waals surface area contributed by atoms with E-state index in [-0.39, 0.29) is 5.69 Å². The fourth-order valence-corrected chi connectivity index (χ4v) is 2.90. The van der Waals surface area contributed by atoms with Gasteiger partial charge in [-0.25, -0.2) is 13.8 Å². The molecule has 4 rings (SSSR count). The molecule has 0 radical (unpaired) electrons. The Labute approximate surface area is 147 Å². The lowest BCUT2D eigenvalue weighted by atomic mass is 10.2. The van der Waals surface area contributed by atoms with Crippen molar-refractivity contribution in [2.45, 2.75) is 6.54 Å². The SMILES string of the molecule is NN=NCc1ccc2c(c1)nc(Nc1cc(F)cc(F)c1)c1cccn12. The van der Waals surface area contributed by atoms with E-state index in [0.29, 0.717) is 17.9 Å². The molecule has 0 amide bonds. The van der Waals surface area contributed by atoms with E-state index in [0.717, 1.165) is 22.7 Å². The summed E-state index contributed by atoms with van der Waals surface area (Å²) >= 11 is 0. The Morgan fingerprint density at radius 2 is 1.85 bits per heavy atom. The molecule has 0 saturated carbocycles. The van der Waals surface area contributed by atoms with Crippen molar-refractivity contribution in [3.8, 4) is 0 Å². The molecule has 2 aromatic carbocycles. The Kier molecular flexibility index (Phi) is 3.92. The first-order valence-corrected chi connectivity index (χ1v) is 7.83. The summed E-state index contributed by atoms with van der Waals surface area (Å²) in [6.07, 6.45) is 1.90. The molecule has 8 heteroatoms. The van der Waals surface area contributed by atoms with Crippen LogP contribution in [0.4, 0.5) is 20.3 Å².